The maximum absolute atomic E-state index is 12.4. The highest BCUT2D eigenvalue weighted by atomic mass is 33.1. The minimum absolute atomic E-state index is 0.0917. The number of amides is 1. The fourth-order valence-electron chi connectivity index (χ4n) is 2.31. The van der Waals surface area contributed by atoms with Crippen LogP contribution in [0, 0.1) is 17.8 Å². The zero-order valence-corrected chi connectivity index (χ0v) is 20.4. The lowest BCUT2D eigenvalue weighted by molar-refractivity contribution is -0.143. The quantitative estimate of drug-likeness (QED) is 0.145. The van der Waals surface area contributed by atoms with Crippen LogP contribution in [0.25, 0.3) is 0 Å². The first-order chi connectivity index (χ1) is 14.6. The molecule has 1 saturated heterocycles. The number of hydrogen-bond acceptors (Lipinski definition) is 8. The van der Waals surface area contributed by atoms with Gasteiger partial charge in [-0.3, -0.25) is 19.5 Å². The third-order valence-electron chi connectivity index (χ3n) is 3.59. The second-order valence-corrected chi connectivity index (χ2v) is 7.15. The molecule has 10 heteroatoms. The molecule has 0 aromatic carbocycles. The van der Waals surface area contributed by atoms with Crippen molar-refractivity contribution in [1.82, 2.24) is 4.90 Å². The molecule has 1 N–H and O–H groups in total. The molecule has 1 amide bonds. The van der Waals surface area contributed by atoms with E-state index < -0.39 is 29.6 Å². The molecule has 8 nitrogen and oxygen atoms in total. The van der Waals surface area contributed by atoms with Crippen molar-refractivity contribution >= 4 is 48.1 Å². The van der Waals surface area contributed by atoms with Gasteiger partial charge in [-0.2, -0.15) is 0 Å². The third-order valence-corrected chi connectivity index (χ3v) is 3.59. The SMILES string of the molecule is C=C(C#CC1CCC(C(=O)O)CN1C(=O)OC(C)(C)C)/C=C\C=NC.COC=O.SS. The van der Waals surface area contributed by atoms with E-state index in [1.807, 2.05) is 0 Å². The molecule has 1 aliphatic rings. The molecule has 0 aromatic heterocycles. The first-order valence-electron chi connectivity index (χ1n) is 9.23. The van der Waals surface area contributed by atoms with E-state index in [4.69, 9.17) is 9.53 Å². The van der Waals surface area contributed by atoms with Gasteiger partial charge in [0.05, 0.1) is 19.1 Å². The summed E-state index contributed by atoms with van der Waals surface area (Å²) in [5.41, 5.74) is -0.0683. The Morgan fingerprint density at radius 1 is 1.29 bits per heavy atom. The van der Waals surface area contributed by atoms with Crippen molar-refractivity contribution in [3.8, 4) is 11.8 Å². The van der Waals surface area contributed by atoms with Crippen LogP contribution in [0.3, 0.4) is 0 Å². The Morgan fingerprint density at radius 2 is 1.87 bits per heavy atom. The highest BCUT2D eigenvalue weighted by molar-refractivity contribution is 8.59. The van der Waals surface area contributed by atoms with Crippen LogP contribution in [-0.2, 0) is 19.1 Å². The second-order valence-electron chi connectivity index (χ2n) is 7.15. The summed E-state index contributed by atoms with van der Waals surface area (Å²) >= 11 is 6.44. The van der Waals surface area contributed by atoms with Gasteiger partial charge in [0.25, 0.3) is 6.47 Å². The van der Waals surface area contributed by atoms with Crippen LogP contribution in [0.2, 0.25) is 0 Å². The van der Waals surface area contributed by atoms with Crippen molar-refractivity contribution in [2.24, 2.45) is 10.9 Å². The number of methoxy groups -OCH3 is 1. The summed E-state index contributed by atoms with van der Waals surface area (Å²) in [4.78, 5) is 37.9. The van der Waals surface area contributed by atoms with Gasteiger partial charge in [-0.1, -0.05) is 18.4 Å². The van der Waals surface area contributed by atoms with E-state index in [0.29, 0.717) is 24.9 Å². The normalized spacial score (nSPS) is 17.8. The summed E-state index contributed by atoms with van der Waals surface area (Å²) in [6.45, 7) is 9.61. The zero-order valence-electron chi connectivity index (χ0n) is 18.6. The number of piperidine rings is 1. The number of carbonyl (C=O) groups excluding carboxylic acids is 2. The van der Waals surface area contributed by atoms with Gasteiger partial charge in [0.1, 0.15) is 5.60 Å². The van der Waals surface area contributed by atoms with E-state index in [9.17, 15) is 14.7 Å². The van der Waals surface area contributed by atoms with Crippen molar-refractivity contribution in [2.45, 2.75) is 45.3 Å². The lowest BCUT2D eigenvalue weighted by Crippen LogP contribution is -2.49. The molecule has 0 spiro atoms. The van der Waals surface area contributed by atoms with E-state index >= 15 is 0 Å². The summed E-state index contributed by atoms with van der Waals surface area (Å²) in [7, 11) is 2.98. The van der Waals surface area contributed by atoms with Crippen LogP contribution in [0.5, 0.6) is 0 Å². The van der Waals surface area contributed by atoms with Crippen LogP contribution in [0.4, 0.5) is 4.79 Å². The molecule has 1 fully saturated rings. The summed E-state index contributed by atoms with van der Waals surface area (Å²) in [6, 6.07) is -0.393. The molecular weight excluding hydrogens is 440 g/mol. The molecule has 1 rings (SSSR count). The third kappa shape index (κ3) is 15.1. The van der Waals surface area contributed by atoms with Crippen LogP contribution in [0.1, 0.15) is 33.6 Å². The Morgan fingerprint density at radius 3 is 2.32 bits per heavy atom. The van der Waals surface area contributed by atoms with Gasteiger partial charge in [-0.15, -0.1) is 23.3 Å². The summed E-state index contributed by atoms with van der Waals surface area (Å²) in [6.07, 6.45) is 5.48. The number of ether oxygens (including phenoxy) is 2. The van der Waals surface area contributed by atoms with Gasteiger partial charge >= 0.3 is 12.1 Å². The minimum Gasteiger partial charge on any atom is -0.481 e. The number of carbonyl (C=O) groups is 3. The smallest absolute Gasteiger partial charge is 0.411 e. The van der Waals surface area contributed by atoms with E-state index in [-0.39, 0.29) is 6.54 Å². The average molecular weight is 473 g/mol. The minimum atomic E-state index is -0.911. The van der Waals surface area contributed by atoms with Crippen molar-refractivity contribution in [3.63, 3.8) is 0 Å². The molecule has 1 aliphatic heterocycles. The number of carboxylic acid groups (broad SMARTS) is 1. The molecule has 0 saturated carbocycles. The number of nitrogens with zero attached hydrogens (tertiary/aromatic N) is 2. The molecule has 0 aromatic rings. The molecule has 174 valence electrons. The highest BCUT2D eigenvalue weighted by Crippen LogP contribution is 2.24. The van der Waals surface area contributed by atoms with Crippen LogP contribution in [-0.4, -0.2) is 67.1 Å². The number of likely N-dealkylation sites (tertiary alicyclic amines) is 1. The van der Waals surface area contributed by atoms with Gasteiger partial charge in [-0.25, -0.2) is 4.79 Å². The van der Waals surface area contributed by atoms with Crippen molar-refractivity contribution in [1.29, 1.82) is 0 Å². The number of carboxylic acids is 1. The lowest BCUT2D eigenvalue weighted by atomic mass is 9.93. The van der Waals surface area contributed by atoms with Crippen molar-refractivity contribution in [3.05, 3.63) is 24.3 Å². The van der Waals surface area contributed by atoms with Gasteiger partial charge < -0.3 is 14.6 Å². The highest BCUT2D eigenvalue weighted by Gasteiger charge is 2.36. The molecule has 1 heterocycles. The van der Waals surface area contributed by atoms with E-state index in [2.05, 4.69) is 51.5 Å². The number of thiol groups is 2. The van der Waals surface area contributed by atoms with Gasteiger partial charge in [0, 0.05) is 25.4 Å². The number of aliphatic imine (C=N–C) groups is 1. The molecule has 0 radical (unpaired) electrons. The number of aliphatic carboxylic acids is 1. The Balaban J connectivity index is 0. The fraction of sp³-hybridized carbons (Fsp3) is 0.524. The first kappa shape index (κ1) is 30.8. The summed E-state index contributed by atoms with van der Waals surface area (Å²) < 4.78 is 9.26. The van der Waals surface area contributed by atoms with Crippen molar-refractivity contribution < 1.29 is 29.0 Å². The number of rotatable bonds is 4. The van der Waals surface area contributed by atoms with Crippen LogP contribution in [0.15, 0.2) is 29.3 Å². The fourth-order valence-corrected chi connectivity index (χ4v) is 2.31. The Bertz CT molecular complexity index is 705. The monoisotopic (exact) mass is 472 g/mol. The summed E-state index contributed by atoms with van der Waals surface area (Å²) in [5.74, 6) is 4.41. The second kappa shape index (κ2) is 17.3. The first-order valence-corrected chi connectivity index (χ1v) is 10.8. The lowest BCUT2D eigenvalue weighted by Gasteiger charge is -2.36. The Kier molecular flexibility index (Phi) is 17.2. The molecule has 2 atom stereocenters. The summed E-state index contributed by atoms with van der Waals surface area (Å²) in [5, 5.41) is 9.24. The van der Waals surface area contributed by atoms with E-state index in [0.717, 1.165) is 0 Å². The Labute approximate surface area is 195 Å². The van der Waals surface area contributed by atoms with Crippen LogP contribution < -0.4 is 0 Å². The van der Waals surface area contributed by atoms with Gasteiger partial charge in [-0.05, 0) is 45.8 Å². The van der Waals surface area contributed by atoms with E-state index in [1.165, 1.54) is 12.0 Å². The van der Waals surface area contributed by atoms with Gasteiger partial charge in [0.2, 0.25) is 0 Å². The zero-order chi connectivity index (χ0) is 24.4. The van der Waals surface area contributed by atoms with E-state index in [1.54, 1.807) is 46.2 Å². The molecule has 2 unspecified atom stereocenters. The number of hydrogen-bond donors (Lipinski definition) is 3. The molecule has 0 aliphatic carbocycles. The van der Waals surface area contributed by atoms with Crippen molar-refractivity contribution in [2.75, 3.05) is 20.7 Å². The predicted molar refractivity (Wildman–Crippen MR) is 129 cm³/mol. The van der Waals surface area contributed by atoms with Crippen LogP contribution >= 0.6 is 23.3 Å². The average Bonchev–Trinajstić information content (AvgIpc) is 2.72. The number of allylic oxidation sites excluding steroid dienone is 3. The van der Waals surface area contributed by atoms with Gasteiger partial charge in [0.15, 0.2) is 0 Å². The molecular formula is C21H32N2O6S2. The molecule has 31 heavy (non-hydrogen) atoms. The maximum atomic E-state index is 12.4. The largest absolute Gasteiger partial charge is 0.481 e. The predicted octanol–water partition coefficient (Wildman–Crippen LogP) is 3.45. The topological polar surface area (TPSA) is 106 Å². The Hall–Kier alpha value is -2.38. The molecule has 0 bridgehead atoms. The standard InChI is InChI=1S/C19H26N2O4.C2H4O2.H2S2/c1-14(7-6-12-20-5)8-10-16-11-9-15(17(22)23)13-21(16)18(24)25-19(2,3)4;1-4-2-3;1-2/h6-7,12,15-16H,1,9,11,13H2,2-5H3,(H,22,23);2H,1H3;1-2H/b7-6-,20-12?;;. The maximum Gasteiger partial charge on any atom is 0.411 e.